The Morgan fingerprint density at radius 1 is 1.47 bits per heavy atom. The summed E-state index contributed by atoms with van der Waals surface area (Å²) < 4.78 is 0. The fourth-order valence-corrected chi connectivity index (χ4v) is 1.46. The second-order valence-corrected chi connectivity index (χ2v) is 3.80. The second kappa shape index (κ2) is 5.49. The van der Waals surface area contributed by atoms with Crippen molar-refractivity contribution in [3.63, 3.8) is 0 Å². The van der Waals surface area contributed by atoms with Gasteiger partial charge in [0, 0.05) is 37.8 Å². The molecule has 0 fully saturated rings. The fourth-order valence-electron chi connectivity index (χ4n) is 1.46. The van der Waals surface area contributed by atoms with Crippen LogP contribution in [0.15, 0.2) is 28.9 Å². The van der Waals surface area contributed by atoms with Gasteiger partial charge in [0.15, 0.2) is 0 Å². The second-order valence-electron chi connectivity index (χ2n) is 3.80. The normalized spacial score (nSPS) is 23.8. The molecule has 0 unspecified atom stereocenters. The molecule has 0 N–H and O–H groups in total. The molecule has 0 spiro atoms. The van der Waals surface area contributed by atoms with Crippen molar-refractivity contribution in [3.8, 4) is 0 Å². The molecule has 0 atom stereocenters. The van der Waals surface area contributed by atoms with Gasteiger partial charge in [-0.3, -0.25) is 9.79 Å². The van der Waals surface area contributed by atoms with Crippen molar-refractivity contribution in [2.24, 2.45) is 4.99 Å². The van der Waals surface area contributed by atoms with E-state index in [1.807, 2.05) is 37.0 Å². The molecule has 0 saturated carbocycles. The lowest BCUT2D eigenvalue weighted by Crippen LogP contribution is -2.31. The van der Waals surface area contributed by atoms with Crippen LogP contribution in [0.5, 0.6) is 0 Å². The number of carbonyl (C=O) groups is 1. The van der Waals surface area contributed by atoms with E-state index in [1.165, 1.54) is 0 Å². The first-order valence-corrected chi connectivity index (χ1v) is 5.22. The van der Waals surface area contributed by atoms with E-state index in [0.717, 1.165) is 24.4 Å². The first kappa shape index (κ1) is 11.7. The summed E-state index contributed by atoms with van der Waals surface area (Å²) in [7, 11) is 0. The molecule has 0 aromatic heterocycles. The Hall–Kier alpha value is -1.38. The maximum Gasteiger partial charge on any atom is 0.219 e. The van der Waals surface area contributed by atoms with Crippen molar-refractivity contribution in [2.45, 2.75) is 27.2 Å². The van der Waals surface area contributed by atoms with E-state index in [-0.39, 0.29) is 5.91 Å². The van der Waals surface area contributed by atoms with E-state index in [9.17, 15) is 4.79 Å². The van der Waals surface area contributed by atoms with Gasteiger partial charge in [0.1, 0.15) is 0 Å². The summed E-state index contributed by atoms with van der Waals surface area (Å²) >= 11 is 0. The highest BCUT2D eigenvalue weighted by atomic mass is 16.2. The molecule has 0 saturated heterocycles. The van der Waals surface area contributed by atoms with Gasteiger partial charge in [-0.1, -0.05) is 12.2 Å². The Morgan fingerprint density at radius 2 is 2.20 bits per heavy atom. The zero-order chi connectivity index (χ0) is 11.3. The third-order valence-electron chi connectivity index (χ3n) is 2.36. The van der Waals surface area contributed by atoms with Crippen LogP contribution < -0.4 is 0 Å². The minimum absolute atomic E-state index is 0.119. The van der Waals surface area contributed by atoms with Crippen molar-refractivity contribution < 1.29 is 4.79 Å². The standard InChI is InChI=1S/C12H18N2O/c1-10-6-4-5-8-14(12(3)15)9-7-11(2)13-10/h4-6H,7-9H2,1-3H3/b5-4-,10-6+,13-11?. The summed E-state index contributed by atoms with van der Waals surface area (Å²) in [5.41, 5.74) is 2.09. The molecule has 1 rings (SSSR count). The van der Waals surface area contributed by atoms with Crippen molar-refractivity contribution in [1.29, 1.82) is 0 Å². The number of hydrogen-bond acceptors (Lipinski definition) is 2. The number of amides is 1. The van der Waals surface area contributed by atoms with E-state index in [2.05, 4.69) is 4.99 Å². The van der Waals surface area contributed by atoms with Crippen LogP contribution in [-0.4, -0.2) is 29.6 Å². The molecule has 1 aliphatic heterocycles. The number of aliphatic imine (C=N–C) groups is 1. The largest absolute Gasteiger partial charge is 0.339 e. The number of carbonyl (C=O) groups excluding carboxylic acids is 1. The monoisotopic (exact) mass is 206 g/mol. The highest BCUT2D eigenvalue weighted by Gasteiger charge is 2.07. The van der Waals surface area contributed by atoms with Crippen LogP contribution in [0.4, 0.5) is 0 Å². The molecular weight excluding hydrogens is 188 g/mol. The molecule has 0 radical (unpaired) electrons. The van der Waals surface area contributed by atoms with Crippen molar-refractivity contribution in [2.75, 3.05) is 13.1 Å². The Bertz CT molecular complexity index is 327. The van der Waals surface area contributed by atoms with Gasteiger partial charge < -0.3 is 4.90 Å². The van der Waals surface area contributed by atoms with Crippen LogP contribution in [-0.2, 0) is 4.79 Å². The predicted octanol–water partition coefficient (Wildman–Crippen LogP) is 2.16. The lowest BCUT2D eigenvalue weighted by atomic mass is 10.2. The van der Waals surface area contributed by atoms with Gasteiger partial charge >= 0.3 is 0 Å². The Balaban J connectivity index is 2.79. The van der Waals surface area contributed by atoms with Gasteiger partial charge in [-0.15, -0.1) is 0 Å². The summed E-state index contributed by atoms with van der Waals surface area (Å²) in [6.45, 7) is 7.03. The Morgan fingerprint density at radius 3 is 2.87 bits per heavy atom. The average Bonchev–Trinajstić information content (AvgIpc) is 2.15. The SMILES string of the molecule is CC(=O)N1C/C=C\C=C(/C)N=C(C)CC1. The summed E-state index contributed by atoms with van der Waals surface area (Å²) in [6.07, 6.45) is 6.75. The summed E-state index contributed by atoms with van der Waals surface area (Å²) in [6, 6.07) is 0. The molecule has 3 heteroatoms. The molecule has 0 aromatic carbocycles. The number of allylic oxidation sites excluding steroid dienone is 3. The van der Waals surface area contributed by atoms with Crippen molar-refractivity contribution >= 4 is 11.6 Å². The van der Waals surface area contributed by atoms with E-state index in [1.54, 1.807) is 6.92 Å². The van der Waals surface area contributed by atoms with Crippen molar-refractivity contribution in [1.82, 2.24) is 4.90 Å². The van der Waals surface area contributed by atoms with Crippen LogP contribution in [0.3, 0.4) is 0 Å². The summed E-state index contributed by atoms with van der Waals surface area (Å²) in [5, 5.41) is 0. The van der Waals surface area contributed by atoms with Crippen LogP contribution in [0.2, 0.25) is 0 Å². The third-order valence-corrected chi connectivity index (χ3v) is 2.36. The Kier molecular flexibility index (Phi) is 4.28. The van der Waals surface area contributed by atoms with Crippen LogP contribution in [0.1, 0.15) is 27.2 Å². The summed E-state index contributed by atoms with van der Waals surface area (Å²) in [4.78, 5) is 17.5. The van der Waals surface area contributed by atoms with Crippen molar-refractivity contribution in [3.05, 3.63) is 23.9 Å². The molecule has 0 aromatic rings. The summed E-state index contributed by atoms with van der Waals surface area (Å²) in [5.74, 6) is 0.119. The highest BCUT2D eigenvalue weighted by molar-refractivity contribution is 5.83. The van der Waals surface area contributed by atoms with Gasteiger partial charge in [0.2, 0.25) is 5.91 Å². The first-order valence-electron chi connectivity index (χ1n) is 5.22. The van der Waals surface area contributed by atoms with E-state index in [0.29, 0.717) is 6.54 Å². The highest BCUT2D eigenvalue weighted by Crippen LogP contribution is 2.03. The fraction of sp³-hybridized carbons (Fsp3) is 0.500. The zero-order valence-corrected chi connectivity index (χ0v) is 9.66. The average molecular weight is 206 g/mol. The molecule has 1 amide bonds. The minimum atomic E-state index is 0.119. The Labute approximate surface area is 91.2 Å². The maximum absolute atomic E-state index is 11.3. The quantitative estimate of drug-likeness (QED) is 0.597. The van der Waals surface area contributed by atoms with Gasteiger partial charge in [0.05, 0.1) is 0 Å². The van der Waals surface area contributed by atoms with Gasteiger partial charge in [-0.05, 0) is 19.9 Å². The minimum Gasteiger partial charge on any atom is -0.339 e. The van der Waals surface area contributed by atoms with E-state index < -0.39 is 0 Å². The van der Waals surface area contributed by atoms with Gasteiger partial charge in [-0.2, -0.15) is 0 Å². The maximum atomic E-state index is 11.3. The topological polar surface area (TPSA) is 32.7 Å². The van der Waals surface area contributed by atoms with Gasteiger partial charge in [-0.25, -0.2) is 0 Å². The molecule has 82 valence electrons. The smallest absolute Gasteiger partial charge is 0.219 e. The lowest BCUT2D eigenvalue weighted by molar-refractivity contribution is -0.128. The van der Waals surface area contributed by atoms with Crippen LogP contribution in [0.25, 0.3) is 0 Å². The molecule has 0 bridgehead atoms. The number of rotatable bonds is 0. The molecule has 1 heterocycles. The molecular formula is C12H18N2O. The van der Waals surface area contributed by atoms with Crippen LogP contribution in [0, 0.1) is 0 Å². The number of nitrogens with zero attached hydrogens (tertiary/aromatic N) is 2. The number of hydrogen-bond donors (Lipinski definition) is 0. The zero-order valence-electron chi connectivity index (χ0n) is 9.66. The molecule has 3 nitrogen and oxygen atoms in total. The lowest BCUT2D eigenvalue weighted by Gasteiger charge is -2.19. The molecule has 0 aliphatic carbocycles. The molecule has 1 aliphatic rings. The third kappa shape index (κ3) is 4.11. The molecule has 15 heavy (non-hydrogen) atoms. The first-order chi connectivity index (χ1) is 7.09. The van der Waals surface area contributed by atoms with E-state index >= 15 is 0 Å². The predicted molar refractivity (Wildman–Crippen MR) is 62.9 cm³/mol. The van der Waals surface area contributed by atoms with Gasteiger partial charge in [0.25, 0.3) is 0 Å². The van der Waals surface area contributed by atoms with E-state index in [4.69, 9.17) is 0 Å². The van der Waals surface area contributed by atoms with Crippen LogP contribution >= 0.6 is 0 Å².